The summed E-state index contributed by atoms with van der Waals surface area (Å²) in [5, 5.41) is 4.19. The first-order valence-corrected chi connectivity index (χ1v) is 4.79. The minimum absolute atomic E-state index is 0.272. The summed E-state index contributed by atoms with van der Waals surface area (Å²) in [4.78, 5) is 11.3. The lowest BCUT2D eigenvalue weighted by atomic mass is 10.1. The molecule has 0 bridgehead atoms. The van der Waals surface area contributed by atoms with Crippen LogP contribution in [0.4, 0.5) is 5.82 Å². The molecule has 0 aliphatic heterocycles. The van der Waals surface area contributed by atoms with Crippen LogP contribution in [0.2, 0.25) is 0 Å². The van der Waals surface area contributed by atoms with Gasteiger partial charge in [0.1, 0.15) is 17.1 Å². The summed E-state index contributed by atoms with van der Waals surface area (Å²) < 4.78 is 1.45. The van der Waals surface area contributed by atoms with Crippen molar-refractivity contribution in [2.75, 3.05) is 5.73 Å². The largest absolute Gasteiger partial charge is 0.383 e. The third kappa shape index (κ3) is 1.52. The average Bonchev–Trinajstić information content (AvgIpc) is 2.57. The second-order valence-electron chi connectivity index (χ2n) is 3.46. The van der Waals surface area contributed by atoms with Gasteiger partial charge in [0.25, 0.3) is 5.91 Å². The van der Waals surface area contributed by atoms with Gasteiger partial charge in [0.15, 0.2) is 0 Å². The molecule has 5 heteroatoms. The van der Waals surface area contributed by atoms with E-state index in [1.165, 1.54) is 4.68 Å². The van der Waals surface area contributed by atoms with E-state index in [-0.39, 0.29) is 11.4 Å². The minimum atomic E-state index is -0.565. The van der Waals surface area contributed by atoms with Gasteiger partial charge in [-0.15, -0.1) is 0 Å². The maximum Gasteiger partial charge on any atom is 0.254 e. The van der Waals surface area contributed by atoms with E-state index in [9.17, 15) is 4.79 Å². The first-order chi connectivity index (χ1) is 7.61. The smallest absolute Gasteiger partial charge is 0.254 e. The van der Waals surface area contributed by atoms with E-state index in [0.717, 1.165) is 5.56 Å². The van der Waals surface area contributed by atoms with Gasteiger partial charge in [-0.05, 0) is 0 Å². The molecule has 2 rings (SSSR count). The van der Waals surface area contributed by atoms with Crippen LogP contribution in [-0.2, 0) is 7.05 Å². The van der Waals surface area contributed by atoms with Gasteiger partial charge in [-0.1, -0.05) is 30.3 Å². The Balaban J connectivity index is 2.66. The number of aryl methyl sites for hydroxylation is 1. The van der Waals surface area contributed by atoms with Crippen molar-refractivity contribution >= 4 is 11.7 Å². The summed E-state index contributed by atoms with van der Waals surface area (Å²) in [5.74, 6) is -0.282. The van der Waals surface area contributed by atoms with E-state index in [1.54, 1.807) is 7.05 Å². The van der Waals surface area contributed by atoms with E-state index >= 15 is 0 Å². The third-order valence-corrected chi connectivity index (χ3v) is 2.39. The molecule has 0 saturated heterocycles. The molecule has 1 amide bonds. The fourth-order valence-electron chi connectivity index (χ4n) is 1.58. The van der Waals surface area contributed by atoms with Crippen LogP contribution in [0, 0.1) is 0 Å². The number of hydrogen-bond donors (Lipinski definition) is 2. The number of nitrogen functional groups attached to an aromatic ring is 1. The summed E-state index contributed by atoms with van der Waals surface area (Å²) in [6, 6.07) is 9.33. The molecule has 1 heterocycles. The molecule has 4 N–H and O–H groups in total. The molecule has 0 spiro atoms. The lowest BCUT2D eigenvalue weighted by Gasteiger charge is -1.98. The third-order valence-electron chi connectivity index (χ3n) is 2.39. The Labute approximate surface area is 92.7 Å². The Kier molecular flexibility index (Phi) is 2.36. The number of primary amides is 1. The maximum absolute atomic E-state index is 11.3. The lowest BCUT2D eigenvalue weighted by Crippen LogP contribution is -2.14. The first-order valence-electron chi connectivity index (χ1n) is 4.79. The molecule has 0 saturated carbocycles. The first kappa shape index (κ1) is 10.2. The van der Waals surface area contributed by atoms with Crippen molar-refractivity contribution < 1.29 is 4.79 Å². The highest BCUT2D eigenvalue weighted by molar-refractivity contribution is 6.03. The van der Waals surface area contributed by atoms with Gasteiger partial charge in [0.05, 0.1) is 0 Å². The van der Waals surface area contributed by atoms with Crippen LogP contribution in [0.15, 0.2) is 30.3 Å². The fourth-order valence-corrected chi connectivity index (χ4v) is 1.58. The maximum atomic E-state index is 11.3. The monoisotopic (exact) mass is 216 g/mol. The summed E-state index contributed by atoms with van der Waals surface area (Å²) in [7, 11) is 1.67. The summed E-state index contributed by atoms with van der Waals surface area (Å²) >= 11 is 0. The second kappa shape index (κ2) is 3.69. The molecule has 5 nitrogen and oxygen atoms in total. The molecule has 82 valence electrons. The van der Waals surface area contributed by atoms with Crippen LogP contribution in [0.1, 0.15) is 10.4 Å². The zero-order valence-electron chi connectivity index (χ0n) is 8.84. The molecule has 1 aromatic heterocycles. The van der Waals surface area contributed by atoms with Crippen LogP contribution < -0.4 is 11.5 Å². The van der Waals surface area contributed by atoms with Crippen molar-refractivity contribution in [2.24, 2.45) is 12.8 Å². The highest BCUT2D eigenvalue weighted by Gasteiger charge is 2.19. The SMILES string of the molecule is Cn1nc(-c2ccccc2)c(C(N)=O)c1N. The molecular formula is C11H12N4O. The molecule has 0 aliphatic rings. The number of aromatic nitrogens is 2. The zero-order valence-corrected chi connectivity index (χ0v) is 8.84. The molecule has 16 heavy (non-hydrogen) atoms. The van der Waals surface area contributed by atoms with Crippen LogP contribution in [0.3, 0.4) is 0 Å². The van der Waals surface area contributed by atoms with E-state index in [2.05, 4.69) is 5.10 Å². The van der Waals surface area contributed by atoms with E-state index in [4.69, 9.17) is 11.5 Å². The van der Waals surface area contributed by atoms with Gasteiger partial charge in [-0.2, -0.15) is 5.10 Å². The molecule has 0 aliphatic carbocycles. The minimum Gasteiger partial charge on any atom is -0.383 e. The molecule has 2 aromatic rings. The quantitative estimate of drug-likeness (QED) is 0.777. The number of hydrogen-bond acceptors (Lipinski definition) is 3. The topological polar surface area (TPSA) is 86.9 Å². The van der Waals surface area contributed by atoms with Crippen molar-refractivity contribution in [3.05, 3.63) is 35.9 Å². The van der Waals surface area contributed by atoms with Gasteiger partial charge in [0.2, 0.25) is 0 Å². The van der Waals surface area contributed by atoms with Crippen molar-refractivity contribution in [3.8, 4) is 11.3 Å². The van der Waals surface area contributed by atoms with E-state index in [0.29, 0.717) is 5.69 Å². The Hall–Kier alpha value is -2.30. The lowest BCUT2D eigenvalue weighted by molar-refractivity contribution is 0.100. The van der Waals surface area contributed by atoms with Gasteiger partial charge >= 0.3 is 0 Å². The van der Waals surface area contributed by atoms with Crippen molar-refractivity contribution in [2.45, 2.75) is 0 Å². The number of rotatable bonds is 2. The van der Waals surface area contributed by atoms with Crippen LogP contribution in [0.5, 0.6) is 0 Å². The van der Waals surface area contributed by atoms with E-state index < -0.39 is 5.91 Å². The summed E-state index contributed by atoms with van der Waals surface area (Å²) in [5.41, 5.74) is 12.7. The van der Waals surface area contributed by atoms with Crippen molar-refractivity contribution in [1.29, 1.82) is 0 Å². The van der Waals surface area contributed by atoms with Gasteiger partial charge in [0, 0.05) is 12.6 Å². The normalized spacial score (nSPS) is 10.3. The summed E-state index contributed by atoms with van der Waals surface area (Å²) in [6.45, 7) is 0. The van der Waals surface area contributed by atoms with Gasteiger partial charge in [-0.25, -0.2) is 0 Å². The highest BCUT2D eigenvalue weighted by Crippen LogP contribution is 2.25. The Morgan fingerprint density at radius 2 is 1.94 bits per heavy atom. The zero-order chi connectivity index (χ0) is 11.7. The number of nitrogens with two attached hydrogens (primary N) is 2. The van der Waals surface area contributed by atoms with E-state index in [1.807, 2.05) is 30.3 Å². The standard InChI is InChI=1S/C11H12N4O/c1-15-10(12)8(11(13)16)9(14-15)7-5-3-2-4-6-7/h2-6H,12H2,1H3,(H2,13,16). The number of nitrogens with zero attached hydrogens (tertiary/aromatic N) is 2. The average molecular weight is 216 g/mol. The molecule has 0 fully saturated rings. The van der Waals surface area contributed by atoms with Gasteiger partial charge in [-0.3, -0.25) is 9.48 Å². The number of carbonyl (C=O) groups excluding carboxylic acids is 1. The Bertz CT molecular complexity index is 530. The van der Waals surface area contributed by atoms with Crippen molar-refractivity contribution in [1.82, 2.24) is 9.78 Å². The Morgan fingerprint density at radius 3 is 2.50 bits per heavy atom. The number of carbonyl (C=O) groups is 1. The van der Waals surface area contributed by atoms with Gasteiger partial charge < -0.3 is 11.5 Å². The van der Waals surface area contributed by atoms with Crippen molar-refractivity contribution in [3.63, 3.8) is 0 Å². The number of anilines is 1. The van der Waals surface area contributed by atoms with Crippen LogP contribution in [-0.4, -0.2) is 15.7 Å². The van der Waals surface area contributed by atoms with Crippen LogP contribution in [0.25, 0.3) is 11.3 Å². The predicted molar refractivity (Wildman–Crippen MR) is 61.6 cm³/mol. The summed E-state index contributed by atoms with van der Waals surface area (Å²) in [6.07, 6.45) is 0. The fraction of sp³-hybridized carbons (Fsp3) is 0.0909. The predicted octanol–water partition coefficient (Wildman–Crippen LogP) is 0.768. The molecular weight excluding hydrogens is 204 g/mol. The highest BCUT2D eigenvalue weighted by atomic mass is 16.1. The molecule has 0 radical (unpaired) electrons. The molecule has 0 unspecified atom stereocenters. The Morgan fingerprint density at radius 1 is 1.31 bits per heavy atom. The van der Waals surface area contributed by atoms with Crippen LogP contribution >= 0.6 is 0 Å². The number of benzene rings is 1. The molecule has 1 aromatic carbocycles. The number of amides is 1. The molecule has 0 atom stereocenters. The second-order valence-corrected chi connectivity index (χ2v) is 3.46.